The molecule has 0 saturated carbocycles. The summed E-state index contributed by atoms with van der Waals surface area (Å²) in [5, 5.41) is 6.24. The molecule has 1 fully saturated rings. The van der Waals surface area contributed by atoms with Crippen LogP contribution in [0.2, 0.25) is 0 Å². The molecule has 0 radical (unpaired) electrons. The highest BCUT2D eigenvalue weighted by Crippen LogP contribution is 2.34. The molecule has 1 atom stereocenters. The van der Waals surface area contributed by atoms with Crippen LogP contribution in [0.3, 0.4) is 0 Å². The number of halogens is 1. The van der Waals surface area contributed by atoms with Gasteiger partial charge in [-0.15, -0.1) is 0 Å². The molecule has 1 saturated heterocycles. The molecule has 2 aliphatic rings. The van der Waals surface area contributed by atoms with Gasteiger partial charge in [-0.2, -0.15) is 5.10 Å². The molecule has 1 amide bonds. The number of piperazine rings is 1. The van der Waals surface area contributed by atoms with Gasteiger partial charge in [0.15, 0.2) is 0 Å². The zero-order valence-electron chi connectivity index (χ0n) is 20.1. The maximum Gasteiger partial charge on any atom is 0.257 e. The molecule has 3 aromatic rings. The third-order valence-electron chi connectivity index (χ3n) is 6.89. The summed E-state index contributed by atoms with van der Waals surface area (Å²) >= 11 is 0. The van der Waals surface area contributed by atoms with Crippen LogP contribution in [0.25, 0.3) is 0 Å². The molecule has 0 spiro atoms. The van der Waals surface area contributed by atoms with Crippen LogP contribution in [0.1, 0.15) is 34.7 Å². The molecular weight excluding hydrogens is 439 g/mol. The first-order chi connectivity index (χ1) is 17.1. The predicted octanol–water partition coefficient (Wildman–Crippen LogP) is 4.63. The normalized spacial score (nSPS) is 19.1. The van der Waals surface area contributed by atoms with E-state index >= 15 is 0 Å². The van der Waals surface area contributed by atoms with Crippen molar-refractivity contribution in [3.8, 4) is 0 Å². The molecule has 5 rings (SSSR count). The number of carbonyl (C=O) groups excluding carboxylic acids is 1. The highest BCUT2D eigenvalue weighted by Gasteiger charge is 2.35. The van der Waals surface area contributed by atoms with Crippen LogP contribution < -0.4 is 0 Å². The SMILES string of the molecule is Cc1ccc(C2=NN(C(=O)CN3CCN(Cc4ccccc4)CC3)C(c3ccccc3F)C2)cc1. The molecule has 0 bridgehead atoms. The zero-order chi connectivity index (χ0) is 24.2. The van der Waals surface area contributed by atoms with Crippen LogP contribution in [0.5, 0.6) is 0 Å². The molecule has 180 valence electrons. The Morgan fingerprint density at radius 1 is 0.886 bits per heavy atom. The highest BCUT2D eigenvalue weighted by atomic mass is 19.1. The number of nitrogens with zero attached hydrogens (tertiary/aromatic N) is 4. The second-order valence-electron chi connectivity index (χ2n) is 9.43. The Bertz CT molecular complexity index is 1190. The van der Waals surface area contributed by atoms with Gasteiger partial charge in [-0.1, -0.05) is 78.4 Å². The van der Waals surface area contributed by atoms with E-state index in [4.69, 9.17) is 5.10 Å². The lowest BCUT2D eigenvalue weighted by Gasteiger charge is -2.35. The second kappa shape index (κ2) is 10.5. The van der Waals surface area contributed by atoms with Crippen molar-refractivity contribution in [3.63, 3.8) is 0 Å². The quantitative estimate of drug-likeness (QED) is 0.527. The summed E-state index contributed by atoms with van der Waals surface area (Å²) in [5.74, 6) is -0.387. The Morgan fingerprint density at radius 3 is 2.26 bits per heavy atom. The fourth-order valence-electron chi connectivity index (χ4n) is 4.86. The van der Waals surface area contributed by atoms with E-state index < -0.39 is 6.04 Å². The summed E-state index contributed by atoms with van der Waals surface area (Å²) in [5.41, 5.74) is 4.78. The van der Waals surface area contributed by atoms with Gasteiger partial charge in [0, 0.05) is 44.7 Å². The van der Waals surface area contributed by atoms with Gasteiger partial charge >= 0.3 is 0 Å². The molecule has 0 aromatic heterocycles. The summed E-state index contributed by atoms with van der Waals surface area (Å²) in [6, 6.07) is 24.9. The van der Waals surface area contributed by atoms with Crippen LogP contribution >= 0.6 is 0 Å². The van der Waals surface area contributed by atoms with Crippen molar-refractivity contribution < 1.29 is 9.18 Å². The molecular formula is C29H31FN4O. The van der Waals surface area contributed by atoms with Crippen molar-refractivity contribution in [1.29, 1.82) is 0 Å². The van der Waals surface area contributed by atoms with Gasteiger partial charge in [-0.25, -0.2) is 9.40 Å². The maximum atomic E-state index is 14.7. The van der Waals surface area contributed by atoms with Crippen molar-refractivity contribution >= 4 is 11.6 Å². The van der Waals surface area contributed by atoms with Crippen molar-refractivity contribution in [2.75, 3.05) is 32.7 Å². The average Bonchev–Trinajstić information content (AvgIpc) is 3.32. The molecule has 0 aliphatic carbocycles. The number of aryl methyl sites for hydroxylation is 1. The van der Waals surface area contributed by atoms with Crippen molar-refractivity contribution in [2.45, 2.75) is 25.9 Å². The Balaban J connectivity index is 1.28. The maximum absolute atomic E-state index is 14.7. The summed E-state index contributed by atoms with van der Waals surface area (Å²) < 4.78 is 14.7. The summed E-state index contributed by atoms with van der Waals surface area (Å²) in [7, 11) is 0. The van der Waals surface area contributed by atoms with Crippen molar-refractivity contribution in [3.05, 3.63) is 107 Å². The first kappa shape index (κ1) is 23.4. The third-order valence-corrected chi connectivity index (χ3v) is 6.89. The van der Waals surface area contributed by atoms with Gasteiger partial charge in [-0.05, 0) is 24.1 Å². The molecule has 3 aromatic carbocycles. The highest BCUT2D eigenvalue weighted by molar-refractivity contribution is 6.03. The van der Waals surface area contributed by atoms with Gasteiger partial charge in [0.25, 0.3) is 5.91 Å². The zero-order valence-corrected chi connectivity index (χ0v) is 20.1. The van der Waals surface area contributed by atoms with E-state index in [0.717, 1.165) is 49.6 Å². The first-order valence-electron chi connectivity index (χ1n) is 12.3. The van der Waals surface area contributed by atoms with Crippen LogP contribution in [0, 0.1) is 12.7 Å². The summed E-state index contributed by atoms with van der Waals surface area (Å²) in [4.78, 5) is 18.1. The van der Waals surface area contributed by atoms with Gasteiger partial charge in [-0.3, -0.25) is 14.6 Å². The predicted molar refractivity (Wildman–Crippen MR) is 136 cm³/mol. The molecule has 35 heavy (non-hydrogen) atoms. The lowest BCUT2D eigenvalue weighted by atomic mass is 9.97. The molecule has 1 unspecified atom stereocenters. The van der Waals surface area contributed by atoms with Crippen LogP contribution in [0.15, 0.2) is 84.0 Å². The fourth-order valence-corrected chi connectivity index (χ4v) is 4.86. The third kappa shape index (κ3) is 5.50. The Labute approximate surface area is 206 Å². The largest absolute Gasteiger partial charge is 0.297 e. The summed E-state index contributed by atoms with van der Waals surface area (Å²) in [6.45, 7) is 6.73. The number of amides is 1. The minimum absolute atomic E-state index is 0.0862. The number of rotatable bonds is 6. The minimum atomic E-state index is -0.431. The van der Waals surface area contributed by atoms with Crippen molar-refractivity contribution in [2.24, 2.45) is 5.10 Å². The van der Waals surface area contributed by atoms with E-state index in [9.17, 15) is 9.18 Å². The van der Waals surface area contributed by atoms with Crippen molar-refractivity contribution in [1.82, 2.24) is 14.8 Å². The topological polar surface area (TPSA) is 39.2 Å². The van der Waals surface area contributed by atoms with Gasteiger partial charge < -0.3 is 0 Å². The number of hydrogen-bond acceptors (Lipinski definition) is 4. The number of hydrazone groups is 1. The fraction of sp³-hybridized carbons (Fsp3) is 0.310. The molecule has 2 heterocycles. The number of benzene rings is 3. The van der Waals surface area contributed by atoms with Crippen LogP contribution in [0.4, 0.5) is 4.39 Å². The molecule has 2 aliphatic heterocycles. The van der Waals surface area contributed by atoms with E-state index in [1.165, 1.54) is 16.6 Å². The Hall–Kier alpha value is -3.35. The van der Waals surface area contributed by atoms with E-state index in [2.05, 4.69) is 34.1 Å². The van der Waals surface area contributed by atoms with E-state index in [0.29, 0.717) is 12.0 Å². The monoisotopic (exact) mass is 470 g/mol. The van der Waals surface area contributed by atoms with E-state index in [1.807, 2.05) is 43.3 Å². The first-order valence-corrected chi connectivity index (χ1v) is 12.3. The number of hydrogen-bond donors (Lipinski definition) is 0. The van der Waals surface area contributed by atoms with Gasteiger partial charge in [0.05, 0.1) is 18.3 Å². The smallest absolute Gasteiger partial charge is 0.257 e. The van der Waals surface area contributed by atoms with Crippen LogP contribution in [-0.2, 0) is 11.3 Å². The molecule has 5 nitrogen and oxygen atoms in total. The van der Waals surface area contributed by atoms with E-state index in [1.54, 1.807) is 12.1 Å². The van der Waals surface area contributed by atoms with E-state index in [-0.39, 0.29) is 18.3 Å². The second-order valence-corrected chi connectivity index (χ2v) is 9.43. The molecule has 6 heteroatoms. The number of carbonyl (C=O) groups is 1. The Kier molecular flexibility index (Phi) is 7.02. The minimum Gasteiger partial charge on any atom is -0.297 e. The van der Waals surface area contributed by atoms with Crippen LogP contribution in [-0.4, -0.2) is 59.2 Å². The molecule has 0 N–H and O–H groups in total. The lowest BCUT2D eigenvalue weighted by Crippen LogP contribution is -2.49. The lowest BCUT2D eigenvalue weighted by molar-refractivity contribution is -0.134. The van der Waals surface area contributed by atoms with Gasteiger partial charge in [0.1, 0.15) is 5.82 Å². The Morgan fingerprint density at radius 2 is 1.54 bits per heavy atom. The average molecular weight is 471 g/mol. The van der Waals surface area contributed by atoms with Gasteiger partial charge in [0.2, 0.25) is 0 Å². The summed E-state index contributed by atoms with van der Waals surface area (Å²) in [6.07, 6.45) is 0.501. The standard InChI is InChI=1S/C29H31FN4O/c1-22-11-13-24(14-12-22)27-19-28(25-9-5-6-10-26(25)30)34(31-27)29(35)21-33-17-15-32(16-18-33)20-23-7-3-2-4-8-23/h2-14,28H,15-21H2,1H3.